The van der Waals surface area contributed by atoms with Gasteiger partial charge >= 0.3 is 0 Å². The van der Waals surface area contributed by atoms with Crippen molar-refractivity contribution in [3.05, 3.63) is 46.2 Å². The number of carbonyl (C=O) groups is 1. The van der Waals surface area contributed by atoms with Crippen molar-refractivity contribution in [1.82, 2.24) is 4.90 Å². The van der Waals surface area contributed by atoms with Crippen molar-refractivity contribution >= 4 is 17.2 Å². The highest BCUT2D eigenvalue weighted by atomic mass is 32.1. The molecule has 0 aliphatic rings. The maximum absolute atomic E-state index is 12.6. The van der Waals surface area contributed by atoms with Crippen molar-refractivity contribution in [3.63, 3.8) is 0 Å². The van der Waals surface area contributed by atoms with Crippen LogP contribution in [0.15, 0.2) is 35.7 Å². The first kappa shape index (κ1) is 15.4. The number of ether oxygens (including phenoxy) is 1. The lowest BCUT2D eigenvalue weighted by atomic mass is 10.1. The van der Waals surface area contributed by atoms with Crippen LogP contribution in [0.5, 0.6) is 11.5 Å². The molecule has 0 unspecified atom stereocenters. The Morgan fingerprint density at radius 1 is 1.38 bits per heavy atom. The molecule has 5 heteroatoms. The third-order valence-electron chi connectivity index (χ3n) is 3.22. The Morgan fingerprint density at radius 3 is 2.67 bits per heavy atom. The summed E-state index contributed by atoms with van der Waals surface area (Å²) in [7, 11) is 1.48. The van der Waals surface area contributed by atoms with Crippen molar-refractivity contribution in [3.8, 4) is 11.5 Å². The number of hydrogen-bond acceptors (Lipinski definition) is 4. The number of amides is 1. The SMILES string of the molecule is COc1ccc(C(=O)N(Cc2cccs2)C(C)C)cc1O. The van der Waals surface area contributed by atoms with Gasteiger partial charge in [-0.25, -0.2) is 0 Å². The Labute approximate surface area is 128 Å². The molecular formula is C16H19NO3S. The van der Waals surface area contributed by atoms with Crippen LogP contribution in [-0.2, 0) is 6.54 Å². The zero-order chi connectivity index (χ0) is 15.4. The molecule has 0 spiro atoms. The average molecular weight is 305 g/mol. The van der Waals surface area contributed by atoms with E-state index in [-0.39, 0.29) is 17.7 Å². The summed E-state index contributed by atoms with van der Waals surface area (Å²) in [6.07, 6.45) is 0. The topological polar surface area (TPSA) is 49.8 Å². The van der Waals surface area contributed by atoms with E-state index in [0.717, 1.165) is 4.88 Å². The molecular weight excluding hydrogens is 286 g/mol. The number of rotatable bonds is 5. The first-order chi connectivity index (χ1) is 10.0. The molecule has 0 aliphatic heterocycles. The number of phenols is 1. The summed E-state index contributed by atoms with van der Waals surface area (Å²) >= 11 is 1.63. The molecule has 2 rings (SSSR count). The minimum atomic E-state index is -0.101. The predicted octanol–water partition coefficient (Wildman–Crippen LogP) is 3.51. The Hall–Kier alpha value is -2.01. The summed E-state index contributed by atoms with van der Waals surface area (Å²) in [6.45, 7) is 4.53. The van der Waals surface area contributed by atoms with Crippen LogP contribution in [0.25, 0.3) is 0 Å². The summed E-state index contributed by atoms with van der Waals surface area (Å²) < 4.78 is 5.00. The van der Waals surface area contributed by atoms with E-state index in [2.05, 4.69) is 0 Å². The minimum Gasteiger partial charge on any atom is -0.504 e. The number of aromatic hydroxyl groups is 1. The van der Waals surface area contributed by atoms with Crippen molar-refractivity contribution < 1.29 is 14.6 Å². The van der Waals surface area contributed by atoms with Gasteiger partial charge in [0.2, 0.25) is 0 Å². The number of nitrogens with zero attached hydrogens (tertiary/aromatic N) is 1. The second kappa shape index (κ2) is 6.63. The van der Waals surface area contributed by atoms with Gasteiger partial charge in [-0.05, 0) is 43.5 Å². The smallest absolute Gasteiger partial charge is 0.254 e. The fourth-order valence-corrected chi connectivity index (χ4v) is 2.75. The first-order valence-corrected chi connectivity index (χ1v) is 7.61. The van der Waals surface area contributed by atoms with E-state index in [4.69, 9.17) is 4.74 Å². The van der Waals surface area contributed by atoms with Crippen molar-refractivity contribution in [2.45, 2.75) is 26.4 Å². The van der Waals surface area contributed by atoms with Crippen LogP contribution >= 0.6 is 11.3 Å². The zero-order valence-electron chi connectivity index (χ0n) is 12.4. The summed E-state index contributed by atoms with van der Waals surface area (Å²) in [5, 5.41) is 11.8. The van der Waals surface area contributed by atoms with Crippen LogP contribution in [0.4, 0.5) is 0 Å². The molecule has 112 valence electrons. The largest absolute Gasteiger partial charge is 0.504 e. The quantitative estimate of drug-likeness (QED) is 0.919. The zero-order valence-corrected chi connectivity index (χ0v) is 13.2. The van der Waals surface area contributed by atoms with Gasteiger partial charge in [0.25, 0.3) is 5.91 Å². The molecule has 0 radical (unpaired) electrons. The number of benzene rings is 1. The van der Waals surface area contributed by atoms with Gasteiger partial charge < -0.3 is 14.7 Å². The number of thiophene rings is 1. The Bertz CT molecular complexity index is 608. The normalized spacial score (nSPS) is 10.7. The van der Waals surface area contributed by atoms with E-state index in [9.17, 15) is 9.90 Å². The van der Waals surface area contributed by atoms with E-state index in [0.29, 0.717) is 17.9 Å². The maximum atomic E-state index is 12.6. The third kappa shape index (κ3) is 3.55. The lowest BCUT2D eigenvalue weighted by Gasteiger charge is -2.26. The number of hydrogen-bond donors (Lipinski definition) is 1. The Kier molecular flexibility index (Phi) is 4.85. The summed E-state index contributed by atoms with van der Waals surface area (Å²) in [6, 6.07) is 8.78. The van der Waals surface area contributed by atoms with Gasteiger partial charge in [0, 0.05) is 16.5 Å². The Balaban J connectivity index is 2.24. The van der Waals surface area contributed by atoms with Crippen molar-refractivity contribution in [2.75, 3.05) is 7.11 Å². The van der Waals surface area contributed by atoms with Crippen LogP contribution in [0.1, 0.15) is 29.1 Å². The summed E-state index contributed by atoms with van der Waals surface area (Å²) in [5.41, 5.74) is 0.457. The highest BCUT2D eigenvalue weighted by Gasteiger charge is 2.20. The molecule has 0 saturated carbocycles. The molecule has 4 nitrogen and oxygen atoms in total. The van der Waals surface area contributed by atoms with E-state index in [1.54, 1.807) is 28.4 Å². The van der Waals surface area contributed by atoms with Crippen LogP contribution in [0, 0.1) is 0 Å². The summed E-state index contributed by atoms with van der Waals surface area (Å²) in [5.74, 6) is 0.237. The third-order valence-corrected chi connectivity index (χ3v) is 4.08. The van der Waals surface area contributed by atoms with E-state index in [1.165, 1.54) is 13.2 Å². The van der Waals surface area contributed by atoms with Gasteiger partial charge in [0.15, 0.2) is 11.5 Å². The minimum absolute atomic E-state index is 0.0248. The molecule has 1 N–H and O–H groups in total. The molecule has 1 aromatic carbocycles. The van der Waals surface area contributed by atoms with Gasteiger partial charge in [0.05, 0.1) is 13.7 Å². The van der Waals surface area contributed by atoms with Crippen LogP contribution in [-0.4, -0.2) is 29.1 Å². The van der Waals surface area contributed by atoms with Gasteiger partial charge in [-0.3, -0.25) is 4.79 Å². The molecule has 21 heavy (non-hydrogen) atoms. The second-order valence-electron chi connectivity index (χ2n) is 4.99. The van der Waals surface area contributed by atoms with Crippen LogP contribution in [0.2, 0.25) is 0 Å². The Morgan fingerprint density at radius 2 is 2.14 bits per heavy atom. The van der Waals surface area contributed by atoms with Crippen molar-refractivity contribution in [2.24, 2.45) is 0 Å². The molecule has 2 aromatic rings. The standard InChI is InChI=1S/C16H19NO3S/c1-11(2)17(10-13-5-4-8-21-13)16(19)12-6-7-15(20-3)14(18)9-12/h4-9,11,18H,10H2,1-3H3. The monoisotopic (exact) mass is 305 g/mol. The lowest BCUT2D eigenvalue weighted by Crippen LogP contribution is -2.36. The molecule has 1 heterocycles. The van der Waals surface area contributed by atoms with Crippen molar-refractivity contribution in [1.29, 1.82) is 0 Å². The lowest BCUT2D eigenvalue weighted by molar-refractivity contribution is 0.0692. The van der Waals surface area contributed by atoms with Gasteiger partial charge in [-0.1, -0.05) is 6.07 Å². The number of methoxy groups -OCH3 is 1. The highest BCUT2D eigenvalue weighted by molar-refractivity contribution is 7.09. The van der Waals surface area contributed by atoms with E-state index >= 15 is 0 Å². The second-order valence-corrected chi connectivity index (χ2v) is 6.03. The van der Waals surface area contributed by atoms with Crippen LogP contribution in [0.3, 0.4) is 0 Å². The predicted molar refractivity (Wildman–Crippen MR) is 84.0 cm³/mol. The van der Waals surface area contributed by atoms with Crippen LogP contribution < -0.4 is 4.74 Å². The molecule has 0 bridgehead atoms. The van der Waals surface area contributed by atoms with E-state index < -0.39 is 0 Å². The number of carbonyl (C=O) groups excluding carboxylic acids is 1. The molecule has 1 aromatic heterocycles. The maximum Gasteiger partial charge on any atom is 0.254 e. The number of phenolic OH excluding ortho intramolecular Hbond substituents is 1. The molecule has 0 saturated heterocycles. The molecule has 0 aliphatic carbocycles. The molecule has 0 fully saturated rings. The average Bonchev–Trinajstić information content (AvgIpc) is 2.96. The van der Waals surface area contributed by atoms with Gasteiger partial charge in [0.1, 0.15) is 0 Å². The van der Waals surface area contributed by atoms with Gasteiger partial charge in [-0.15, -0.1) is 11.3 Å². The first-order valence-electron chi connectivity index (χ1n) is 6.73. The fraction of sp³-hybridized carbons (Fsp3) is 0.312. The molecule has 0 atom stereocenters. The molecule has 1 amide bonds. The van der Waals surface area contributed by atoms with E-state index in [1.807, 2.05) is 31.4 Å². The fourth-order valence-electron chi connectivity index (χ4n) is 2.05. The van der Waals surface area contributed by atoms with Gasteiger partial charge in [-0.2, -0.15) is 0 Å². The highest BCUT2D eigenvalue weighted by Crippen LogP contribution is 2.27. The summed E-state index contributed by atoms with van der Waals surface area (Å²) in [4.78, 5) is 15.6.